The highest BCUT2D eigenvalue weighted by molar-refractivity contribution is 5.49. The van der Waals surface area contributed by atoms with Crippen LogP contribution in [0, 0.1) is 0 Å². The van der Waals surface area contributed by atoms with Crippen molar-refractivity contribution in [3.05, 3.63) is 18.3 Å². The van der Waals surface area contributed by atoms with E-state index in [-0.39, 0.29) is 0 Å². The predicted octanol–water partition coefficient (Wildman–Crippen LogP) is 1.24. The van der Waals surface area contributed by atoms with E-state index in [1.54, 1.807) is 6.20 Å². The first-order valence-electron chi connectivity index (χ1n) is 4.90. The molecule has 0 bridgehead atoms. The number of rotatable bonds is 6. The van der Waals surface area contributed by atoms with Crippen molar-refractivity contribution < 1.29 is 4.74 Å². The van der Waals surface area contributed by atoms with E-state index in [1.807, 2.05) is 19.1 Å². The van der Waals surface area contributed by atoms with Crippen LogP contribution >= 0.6 is 0 Å². The van der Waals surface area contributed by atoms with Crippen LogP contribution in [-0.2, 0) is 0 Å². The van der Waals surface area contributed by atoms with Crippen molar-refractivity contribution in [2.45, 2.75) is 13.3 Å². The Morgan fingerprint density at radius 3 is 3.14 bits per heavy atom. The van der Waals surface area contributed by atoms with Gasteiger partial charge in [-0.25, -0.2) is 4.98 Å². The minimum absolute atomic E-state index is 0.650. The molecule has 4 nitrogen and oxygen atoms in total. The molecule has 0 radical (unpaired) electrons. The molecule has 4 heteroatoms. The topological polar surface area (TPSA) is 60.2 Å². The number of hydrogen-bond donors (Lipinski definition) is 2. The minimum atomic E-state index is 0.650. The maximum Gasteiger partial charge on any atom is 0.168 e. The summed E-state index contributed by atoms with van der Waals surface area (Å²) >= 11 is 0. The minimum Gasteiger partial charge on any atom is -0.490 e. The molecule has 14 heavy (non-hydrogen) atoms. The first kappa shape index (κ1) is 10.8. The Kier molecular flexibility index (Phi) is 4.78. The van der Waals surface area contributed by atoms with Crippen molar-refractivity contribution in [2.24, 2.45) is 5.73 Å². The van der Waals surface area contributed by atoms with Crippen LogP contribution < -0.4 is 15.8 Å². The lowest BCUT2D eigenvalue weighted by molar-refractivity contribution is 0.340. The van der Waals surface area contributed by atoms with Crippen molar-refractivity contribution in [1.29, 1.82) is 0 Å². The van der Waals surface area contributed by atoms with Crippen LogP contribution in [0.2, 0.25) is 0 Å². The van der Waals surface area contributed by atoms with E-state index >= 15 is 0 Å². The summed E-state index contributed by atoms with van der Waals surface area (Å²) in [6.07, 6.45) is 2.68. The molecule has 0 saturated heterocycles. The first-order valence-corrected chi connectivity index (χ1v) is 4.90. The van der Waals surface area contributed by atoms with E-state index in [1.165, 1.54) is 0 Å². The van der Waals surface area contributed by atoms with Crippen LogP contribution in [0.5, 0.6) is 5.75 Å². The third kappa shape index (κ3) is 3.22. The number of nitrogens with two attached hydrogens (primary N) is 1. The van der Waals surface area contributed by atoms with Crippen LogP contribution in [0.15, 0.2) is 18.3 Å². The van der Waals surface area contributed by atoms with Gasteiger partial charge in [-0.15, -0.1) is 0 Å². The van der Waals surface area contributed by atoms with Crippen LogP contribution in [0.1, 0.15) is 13.3 Å². The molecule has 1 aromatic rings. The lowest BCUT2D eigenvalue weighted by Gasteiger charge is -2.10. The van der Waals surface area contributed by atoms with E-state index in [4.69, 9.17) is 10.5 Å². The summed E-state index contributed by atoms with van der Waals surface area (Å²) in [7, 11) is 0. The molecular weight excluding hydrogens is 178 g/mol. The standard InChI is InChI=1S/C10H17N3O/c1-2-14-9-5-3-7-12-10(9)13-8-4-6-11/h3,5,7H,2,4,6,8,11H2,1H3,(H,12,13). The molecular formula is C10H17N3O. The average Bonchev–Trinajstić information content (AvgIpc) is 2.21. The molecule has 0 aromatic carbocycles. The average molecular weight is 195 g/mol. The fourth-order valence-electron chi connectivity index (χ4n) is 1.10. The third-order valence-corrected chi connectivity index (χ3v) is 1.74. The Morgan fingerprint density at radius 2 is 2.43 bits per heavy atom. The summed E-state index contributed by atoms with van der Waals surface area (Å²) in [5, 5.41) is 3.18. The number of ether oxygens (including phenoxy) is 1. The summed E-state index contributed by atoms with van der Waals surface area (Å²) in [5.41, 5.74) is 5.40. The summed E-state index contributed by atoms with van der Waals surface area (Å²) in [6.45, 7) is 4.12. The van der Waals surface area contributed by atoms with Gasteiger partial charge in [-0.2, -0.15) is 0 Å². The van der Waals surface area contributed by atoms with Crippen LogP contribution in [-0.4, -0.2) is 24.7 Å². The lowest BCUT2D eigenvalue weighted by atomic mass is 10.4. The van der Waals surface area contributed by atoms with Gasteiger partial charge in [0.15, 0.2) is 11.6 Å². The van der Waals surface area contributed by atoms with Crippen molar-refractivity contribution in [2.75, 3.05) is 25.0 Å². The van der Waals surface area contributed by atoms with Crippen molar-refractivity contribution >= 4 is 5.82 Å². The van der Waals surface area contributed by atoms with Gasteiger partial charge in [0.1, 0.15) is 0 Å². The molecule has 0 atom stereocenters. The number of aromatic nitrogens is 1. The summed E-state index contributed by atoms with van der Waals surface area (Å²) in [5.74, 6) is 1.59. The van der Waals surface area contributed by atoms with E-state index in [9.17, 15) is 0 Å². The Morgan fingerprint density at radius 1 is 1.57 bits per heavy atom. The monoisotopic (exact) mass is 195 g/mol. The summed E-state index contributed by atoms with van der Waals surface area (Å²) in [6, 6.07) is 3.76. The fourth-order valence-corrected chi connectivity index (χ4v) is 1.10. The molecule has 3 N–H and O–H groups in total. The normalized spacial score (nSPS) is 9.86. The van der Waals surface area contributed by atoms with Crippen molar-refractivity contribution in [3.8, 4) is 5.75 Å². The molecule has 1 aromatic heterocycles. The van der Waals surface area contributed by atoms with Crippen molar-refractivity contribution in [3.63, 3.8) is 0 Å². The number of pyridine rings is 1. The molecule has 0 spiro atoms. The summed E-state index contributed by atoms with van der Waals surface area (Å²) in [4.78, 5) is 4.19. The molecule has 1 rings (SSSR count). The van der Waals surface area contributed by atoms with Crippen LogP contribution in [0.4, 0.5) is 5.82 Å². The third-order valence-electron chi connectivity index (χ3n) is 1.74. The molecule has 78 valence electrons. The zero-order chi connectivity index (χ0) is 10.2. The maximum atomic E-state index is 5.41. The largest absolute Gasteiger partial charge is 0.490 e. The highest BCUT2D eigenvalue weighted by Gasteiger charge is 2.01. The second kappa shape index (κ2) is 6.21. The smallest absolute Gasteiger partial charge is 0.168 e. The molecule has 0 amide bonds. The SMILES string of the molecule is CCOc1cccnc1NCCCN. The lowest BCUT2D eigenvalue weighted by Crippen LogP contribution is -2.10. The Balaban J connectivity index is 2.55. The van der Waals surface area contributed by atoms with Gasteiger partial charge in [-0.1, -0.05) is 0 Å². The van der Waals surface area contributed by atoms with Gasteiger partial charge < -0.3 is 15.8 Å². The molecule has 0 aliphatic carbocycles. The highest BCUT2D eigenvalue weighted by atomic mass is 16.5. The van der Waals surface area contributed by atoms with Gasteiger partial charge >= 0.3 is 0 Å². The van der Waals surface area contributed by atoms with Gasteiger partial charge in [0.05, 0.1) is 6.61 Å². The van der Waals surface area contributed by atoms with E-state index in [2.05, 4.69) is 10.3 Å². The molecule has 0 fully saturated rings. The zero-order valence-electron chi connectivity index (χ0n) is 8.49. The van der Waals surface area contributed by atoms with Gasteiger partial charge in [0.2, 0.25) is 0 Å². The van der Waals surface area contributed by atoms with E-state index in [0.717, 1.165) is 24.5 Å². The Hall–Kier alpha value is -1.29. The van der Waals surface area contributed by atoms with Gasteiger partial charge in [0, 0.05) is 12.7 Å². The number of nitrogens with zero attached hydrogens (tertiary/aromatic N) is 1. The quantitative estimate of drug-likeness (QED) is 0.670. The van der Waals surface area contributed by atoms with Gasteiger partial charge in [-0.3, -0.25) is 0 Å². The molecule has 0 aliphatic rings. The summed E-state index contributed by atoms with van der Waals surface area (Å²) < 4.78 is 5.41. The number of anilines is 1. The molecule has 1 heterocycles. The van der Waals surface area contributed by atoms with E-state index in [0.29, 0.717) is 13.2 Å². The fraction of sp³-hybridized carbons (Fsp3) is 0.500. The predicted molar refractivity (Wildman–Crippen MR) is 57.6 cm³/mol. The molecule has 0 aliphatic heterocycles. The van der Waals surface area contributed by atoms with Gasteiger partial charge in [0.25, 0.3) is 0 Å². The van der Waals surface area contributed by atoms with E-state index < -0.39 is 0 Å². The highest BCUT2D eigenvalue weighted by Crippen LogP contribution is 2.20. The zero-order valence-corrected chi connectivity index (χ0v) is 8.49. The Labute approximate surface area is 84.5 Å². The number of nitrogens with one attached hydrogen (secondary N) is 1. The van der Waals surface area contributed by atoms with Crippen molar-refractivity contribution in [1.82, 2.24) is 4.98 Å². The second-order valence-corrected chi connectivity index (χ2v) is 2.85. The van der Waals surface area contributed by atoms with Gasteiger partial charge in [-0.05, 0) is 32.0 Å². The Bertz CT molecular complexity index is 265. The number of hydrogen-bond acceptors (Lipinski definition) is 4. The van der Waals surface area contributed by atoms with Crippen LogP contribution in [0.3, 0.4) is 0 Å². The van der Waals surface area contributed by atoms with Crippen LogP contribution in [0.25, 0.3) is 0 Å². The molecule has 0 unspecified atom stereocenters. The maximum absolute atomic E-state index is 5.41. The first-order chi connectivity index (χ1) is 6.88. The molecule has 0 saturated carbocycles. The second-order valence-electron chi connectivity index (χ2n) is 2.85.